The lowest BCUT2D eigenvalue weighted by Crippen LogP contribution is -2.14. The van der Waals surface area contributed by atoms with Crippen molar-refractivity contribution < 1.29 is 9.53 Å². The zero-order chi connectivity index (χ0) is 14.7. The quantitative estimate of drug-likeness (QED) is 0.672. The molecule has 2 rings (SSSR count). The number of methoxy groups -OCH3 is 1. The van der Waals surface area contributed by atoms with Crippen LogP contribution in [0.15, 0.2) is 28.9 Å². The third-order valence-corrected chi connectivity index (χ3v) is 3.56. The smallest absolute Gasteiger partial charge is 0.214 e. The minimum absolute atomic E-state index is 0.167. The van der Waals surface area contributed by atoms with Gasteiger partial charge in [0.25, 0.3) is 0 Å². The lowest BCUT2D eigenvalue weighted by Gasteiger charge is -2.10. The van der Waals surface area contributed by atoms with Gasteiger partial charge in [-0.2, -0.15) is 5.10 Å². The number of nitrogens with two attached hydrogens (primary N) is 1. The van der Waals surface area contributed by atoms with Gasteiger partial charge in [0.2, 0.25) is 5.78 Å². The molecule has 0 aliphatic rings. The topological polar surface area (TPSA) is 70.1 Å². The number of benzene rings is 1. The fraction of sp³-hybridized carbons (Fsp3) is 0.286. The summed E-state index contributed by atoms with van der Waals surface area (Å²) in [6, 6.07) is 5.16. The number of aromatic nitrogens is 2. The Morgan fingerprint density at radius 3 is 2.90 bits per heavy atom. The first-order valence-electron chi connectivity index (χ1n) is 6.28. The molecule has 5 nitrogen and oxygen atoms in total. The predicted molar refractivity (Wildman–Crippen MR) is 81.1 cm³/mol. The Morgan fingerprint density at radius 2 is 2.25 bits per heavy atom. The summed E-state index contributed by atoms with van der Waals surface area (Å²) in [6.07, 6.45) is 2.52. The Bertz CT molecular complexity index is 637. The van der Waals surface area contributed by atoms with Crippen LogP contribution in [-0.2, 0) is 6.54 Å². The van der Waals surface area contributed by atoms with Crippen molar-refractivity contribution in [1.29, 1.82) is 0 Å². The third-order valence-electron chi connectivity index (χ3n) is 2.98. The molecule has 0 saturated heterocycles. The summed E-state index contributed by atoms with van der Waals surface area (Å²) in [5.41, 5.74) is 7.25. The van der Waals surface area contributed by atoms with Crippen molar-refractivity contribution >= 4 is 27.4 Å². The van der Waals surface area contributed by atoms with Gasteiger partial charge in [0.15, 0.2) is 0 Å². The van der Waals surface area contributed by atoms with Crippen LogP contribution in [0, 0.1) is 0 Å². The van der Waals surface area contributed by atoms with Gasteiger partial charge in [-0.1, -0.05) is 13.0 Å². The normalized spacial score (nSPS) is 10.6. The molecular weight excluding hydrogens is 322 g/mol. The highest BCUT2D eigenvalue weighted by molar-refractivity contribution is 9.10. The molecule has 0 atom stereocenters. The number of hydrogen-bond donors (Lipinski definition) is 1. The van der Waals surface area contributed by atoms with Crippen molar-refractivity contribution in [3.8, 4) is 5.75 Å². The van der Waals surface area contributed by atoms with Gasteiger partial charge in [-0.25, -0.2) is 0 Å². The van der Waals surface area contributed by atoms with Crippen LogP contribution in [0.4, 0.5) is 5.69 Å². The molecule has 2 N–H and O–H groups in total. The Kier molecular flexibility index (Phi) is 4.44. The number of ether oxygens (including phenoxy) is 1. The number of carbonyl (C=O) groups excluding carboxylic acids is 1. The molecule has 0 saturated carbocycles. The molecule has 1 aromatic heterocycles. The molecule has 0 aliphatic heterocycles. The highest BCUT2D eigenvalue weighted by atomic mass is 79.9. The van der Waals surface area contributed by atoms with Crippen LogP contribution in [-0.4, -0.2) is 22.7 Å². The minimum Gasteiger partial charge on any atom is -0.495 e. The van der Waals surface area contributed by atoms with Crippen LogP contribution in [0.25, 0.3) is 0 Å². The Hall–Kier alpha value is -1.82. The predicted octanol–water partition coefficient (Wildman–Crippen LogP) is 2.88. The van der Waals surface area contributed by atoms with E-state index in [0.29, 0.717) is 33.7 Å². The van der Waals surface area contributed by atoms with Gasteiger partial charge in [-0.15, -0.1) is 0 Å². The third kappa shape index (κ3) is 2.56. The average Bonchev–Trinajstić information content (AvgIpc) is 2.80. The molecule has 1 heterocycles. The van der Waals surface area contributed by atoms with Gasteiger partial charge in [0.1, 0.15) is 11.4 Å². The standard InChI is InChI=1S/C14H16BrN3O2/c1-3-7-18-13(10(15)8-17-18)14(19)9-5-4-6-11(20-2)12(9)16/h4-6,8H,3,7,16H2,1-2H3. The highest BCUT2D eigenvalue weighted by Gasteiger charge is 2.21. The molecule has 2 aromatic rings. The summed E-state index contributed by atoms with van der Waals surface area (Å²) in [5.74, 6) is 0.327. The fourth-order valence-corrected chi connectivity index (χ4v) is 2.49. The van der Waals surface area contributed by atoms with Crippen molar-refractivity contribution in [3.05, 3.63) is 40.1 Å². The second kappa shape index (κ2) is 6.09. The Morgan fingerprint density at radius 1 is 1.50 bits per heavy atom. The first-order chi connectivity index (χ1) is 9.60. The van der Waals surface area contributed by atoms with Crippen LogP contribution in [0.1, 0.15) is 29.4 Å². The number of ketones is 1. The van der Waals surface area contributed by atoms with E-state index >= 15 is 0 Å². The molecule has 0 spiro atoms. The SMILES string of the molecule is CCCn1ncc(Br)c1C(=O)c1cccc(OC)c1N. The van der Waals surface area contributed by atoms with E-state index in [-0.39, 0.29) is 5.78 Å². The van der Waals surface area contributed by atoms with Crippen LogP contribution in [0.2, 0.25) is 0 Å². The van der Waals surface area contributed by atoms with Gasteiger partial charge in [-0.3, -0.25) is 9.48 Å². The van der Waals surface area contributed by atoms with Crippen LogP contribution >= 0.6 is 15.9 Å². The molecular formula is C14H16BrN3O2. The molecule has 0 bridgehead atoms. The number of para-hydroxylation sites is 1. The Balaban J connectivity index is 2.49. The maximum Gasteiger partial charge on any atom is 0.214 e. The number of aryl methyl sites for hydroxylation is 1. The van der Waals surface area contributed by atoms with Crippen molar-refractivity contribution in [2.24, 2.45) is 0 Å². The first-order valence-corrected chi connectivity index (χ1v) is 7.07. The maximum absolute atomic E-state index is 12.7. The maximum atomic E-state index is 12.7. The summed E-state index contributed by atoms with van der Waals surface area (Å²) in [4.78, 5) is 12.7. The van der Waals surface area contributed by atoms with E-state index in [1.165, 1.54) is 7.11 Å². The van der Waals surface area contributed by atoms with Crippen molar-refractivity contribution in [3.63, 3.8) is 0 Å². The summed E-state index contributed by atoms with van der Waals surface area (Å²) >= 11 is 3.37. The number of nitrogen functional groups attached to an aromatic ring is 1. The molecule has 0 unspecified atom stereocenters. The van der Waals surface area contributed by atoms with E-state index in [1.807, 2.05) is 6.92 Å². The average molecular weight is 338 g/mol. The number of nitrogens with zero attached hydrogens (tertiary/aromatic N) is 2. The van der Waals surface area contributed by atoms with E-state index in [1.54, 1.807) is 29.1 Å². The van der Waals surface area contributed by atoms with Crippen molar-refractivity contribution in [2.75, 3.05) is 12.8 Å². The van der Waals surface area contributed by atoms with Crippen LogP contribution < -0.4 is 10.5 Å². The van der Waals surface area contributed by atoms with E-state index < -0.39 is 0 Å². The number of rotatable bonds is 5. The number of hydrogen-bond acceptors (Lipinski definition) is 4. The number of halogens is 1. The van der Waals surface area contributed by atoms with Crippen molar-refractivity contribution in [1.82, 2.24) is 9.78 Å². The molecule has 0 aliphatic carbocycles. The van der Waals surface area contributed by atoms with Gasteiger partial charge in [0.05, 0.1) is 29.0 Å². The Labute approximate surface area is 125 Å². The number of carbonyl (C=O) groups is 1. The molecule has 0 amide bonds. The lowest BCUT2D eigenvalue weighted by atomic mass is 10.1. The molecule has 0 radical (unpaired) electrons. The van der Waals surface area contributed by atoms with E-state index in [9.17, 15) is 4.79 Å². The lowest BCUT2D eigenvalue weighted by molar-refractivity contribution is 0.102. The minimum atomic E-state index is -0.167. The van der Waals surface area contributed by atoms with Crippen LogP contribution in [0.3, 0.4) is 0 Å². The highest BCUT2D eigenvalue weighted by Crippen LogP contribution is 2.28. The van der Waals surface area contributed by atoms with Gasteiger partial charge < -0.3 is 10.5 Å². The van der Waals surface area contributed by atoms with E-state index in [0.717, 1.165) is 6.42 Å². The van der Waals surface area contributed by atoms with Crippen molar-refractivity contribution in [2.45, 2.75) is 19.9 Å². The monoisotopic (exact) mass is 337 g/mol. The van der Waals surface area contributed by atoms with Gasteiger partial charge in [-0.05, 0) is 34.5 Å². The number of anilines is 1. The molecule has 6 heteroatoms. The molecule has 20 heavy (non-hydrogen) atoms. The zero-order valence-electron chi connectivity index (χ0n) is 11.4. The second-order valence-electron chi connectivity index (χ2n) is 4.31. The largest absolute Gasteiger partial charge is 0.495 e. The van der Waals surface area contributed by atoms with Gasteiger partial charge >= 0.3 is 0 Å². The zero-order valence-corrected chi connectivity index (χ0v) is 13.0. The fourth-order valence-electron chi connectivity index (χ4n) is 2.02. The van der Waals surface area contributed by atoms with Crippen LogP contribution in [0.5, 0.6) is 5.75 Å². The van der Waals surface area contributed by atoms with Gasteiger partial charge in [0, 0.05) is 6.54 Å². The molecule has 1 aromatic carbocycles. The first kappa shape index (κ1) is 14.6. The molecule has 0 fully saturated rings. The van der Waals surface area contributed by atoms with E-state index in [4.69, 9.17) is 10.5 Å². The summed E-state index contributed by atoms with van der Waals surface area (Å²) in [7, 11) is 1.53. The summed E-state index contributed by atoms with van der Waals surface area (Å²) in [5, 5.41) is 4.20. The van der Waals surface area contributed by atoms with E-state index in [2.05, 4.69) is 21.0 Å². The summed E-state index contributed by atoms with van der Waals surface area (Å²) < 4.78 is 7.50. The second-order valence-corrected chi connectivity index (χ2v) is 5.17. The summed E-state index contributed by atoms with van der Waals surface area (Å²) in [6.45, 7) is 2.71. The molecule has 106 valence electrons.